The van der Waals surface area contributed by atoms with Gasteiger partial charge in [0.05, 0.1) is 5.69 Å². The fourth-order valence-electron chi connectivity index (χ4n) is 1.19. The fourth-order valence-corrected chi connectivity index (χ4v) is 1.19. The summed E-state index contributed by atoms with van der Waals surface area (Å²) in [4.78, 5) is 20.1. The first-order valence-electron chi connectivity index (χ1n) is 6.21. The number of nitrogens with two attached hydrogens (primary N) is 2. The Balaban J connectivity index is 0. The van der Waals surface area contributed by atoms with Crippen LogP contribution in [0.15, 0.2) is 6.07 Å². The molecule has 1 rings (SSSR count). The monoisotopic (exact) mass is 269 g/mol. The lowest BCUT2D eigenvalue weighted by molar-refractivity contribution is -0.122. The number of hydrogen-bond donors (Lipinski definition) is 2. The van der Waals surface area contributed by atoms with Gasteiger partial charge in [-0.05, 0) is 33.9 Å². The van der Waals surface area contributed by atoms with Crippen LogP contribution in [0.4, 0.5) is 5.69 Å². The third-order valence-electron chi connectivity index (χ3n) is 2.96. The van der Waals surface area contributed by atoms with Gasteiger partial charge in [-0.3, -0.25) is 4.79 Å². The molecule has 1 aromatic heterocycles. The van der Waals surface area contributed by atoms with E-state index in [4.69, 9.17) is 5.73 Å². The van der Waals surface area contributed by atoms with Gasteiger partial charge in [0, 0.05) is 30.8 Å². The first kappa shape index (κ1) is 19.7. The third-order valence-corrected chi connectivity index (χ3v) is 2.96. The van der Waals surface area contributed by atoms with Crippen LogP contribution in [0, 0.1) is 19.8 Å². The van der Waals surface area contributed by atoms with E-state index in [0.717, 1.165) is 17.7 Å². The standard InChI is InChI=1S/C7H12N2.C6H10O2.CH5N/c1-5-4-7(8)6(2)9(5)3;1-5(3-4-7)6(2)8;1-2/h4H,8H2,1-3H3;4-5H,3H2,1-2H3;2H2,1H3. The molecule has 5 heteroatoms. The summed E-state index contributed by atoms with van der Waals surface area (Å²) in [6, 6.07) is 1.98. The number of carbonyl (C=O) groups is 2. The zero-order valence-corrected chi connectivity index (χ0v) is 12.9. The summed E-state index contributed by atoms with van der Waals surface area (Å²) < 4.78 is 2.08. The first-order valence-corrected chi connectivity index (χ1v) is 6.21. The van der Waals surface area contributed by atoms with Gasteiger partial charge in [-0.1, -0.05) is 6.92 Å². The summed E-state index contributed by atoms with van der Waals surface area (Å²) in [7, 11) is 3.51. The Morgan fingerprint density at radius 3 is 2.00 bits per heavy atom. The molecule has 1 heterocycles. The molecule has 0 bridgehead atoms. The molecule has 0 aromatic carbocycles. The molecule has 4 N–H and O–H groups in total. The van der Waals surface area contributed by atoms with Gasteiger partial charge in [0.2, 0.25) is 0 Å². The molecule has 1 unspecified atom stereocenters. The van der Waals surface area contributed by atoms with Crippen molar-refractivity contribution in [2.24, 2.45) is 18.7 Å². The minimum Gasteiger partial charge on any atom is -0.397 e. The van der Waals surface area contributed by atoms with Gasteiger partial charge in [0.1, 0.15) is 12.1 Å². The Morgan fingerprint density at radius 2 is 1.89 bits per heavy atom. The van der Waals surface area contributed by atoms with Crippen molar-refractivity contribution in [1.82, 2.24) is 4.57 Å². The molecule has 0 fully saturated rings. The Labute approximate surface area is 116 Å². The number of rotatable bonds is 3. The lowest BCUT2D eigenvalue weighted by Crippen LogP contribution is -2.05. The number of aldehydes is 1. The van der Waals surface area contributed by atoms with E-state index in [0.29, 0.717) is 6.42 Å². The molecule has 0 amide bonds. The average molecular weight is 269 g/mol. The Kier molecular flexibility index (Phi) is 10.7. The van der Waals surface area contributed by atoms with E-state index in [2.05, 4.69) is 10.3 Å². The molecular weight excluding hydrogens is 242 g/mol. The van der Waals surface area contributed by atoms with E-state index in [9.17, 15) is 9.59 Å². The topological polar surface area (TPSA) is 91.1 Å². The lowest BCUT2D eigenvalue weighted by Gasteiger charge is -1.97. The number of nitrogens with zero attached hydrogens (tertiary/aromatic N) is 1. The van der Waals surface area contributed by atoms with Crippen molar-refractivity contribution < 1.29 is 9.59 Å². The number of aryl methyl sites for hydroxylation is 1. The van der Waals surface area contributed by atoms with Crippen LogP contribution < -0.4 is 11.5 Å². The fraction of sp³-hybridized carbons (Fsp3) is 0.571. The zero-order valence-electron chi connectivity index (χ0n) is 12.9. The number of anilines is 1. The summed E-state index contributed by atoms with van der Waals surface area (Å²) in [5, 5.41) is 0. The van der Waals surface area contributed by atoms with Crippen molar-refractivity contribution in [2.75, 3.05) is 12.8 Å². The van der Waals surface area contributed by atoms with Crippen LogP contribution in [0.25, 0.3) is 0 Å². The second kappa shape index (κ2) is 10.3. The van der Waals surface area contributed by atoms with Crippen LogP contribution in [-0.2, 0) is 16.6 Å². The Morgan fingerprint density at radius 1 is 1.42 bits per heavy atom. The quantitative estimate of drug-likeness (QED) is 0.815. The predicted octanol–water partition coefficient (Wildman–Crippen LogP) is 1.60. The molecule has 0 spiro atoms. The van der Waals surface area contributed by atoms with Crippen LogP contribution in [0.1, 0.15) is 31.7 Å². The summed E-state index contributed by atoms with van der Waals surface area (Å²) >= 11 is 0. The van der Waals surface area contributed by atoms with E-state index in [1.165, 1.54) is 19.7 Å². The molecule has 5 nitrogen and oxygen atoms in total. The molecule has 1 atom stereocenters. The summed E-state index contributed by atoms with van der Waals surface area (Å²) in [6.45, 7) is 7.30. The van der Waals surface area contributed by atoms with Crippen molar-refractivity contribution in [2.45, 2.75) is 34.1 Å². The largest absolute Gasteiger partial charge is 0.397 e. The van der Waals surface area contributed by atoms with Crippen LogP contribution in [0.3, 0.4) is 0 Å². The SMILES string of the molecule is CC(=O)C(C)CC=O.CN.Cc1cc(N)c(C)n1C. The summed E-state index contributed by atoms with van der Waals surface area (Å²) in [6.07, 6.45) is 1.13. The van der Waals surface area contributed by atoms with Crippen molar-refractivity contribution in [1.29, 1.82) is 0 Å². The number of hydrogen-bond acceptors (Lipinski definition) is 4. The zero-order chi connectivity index (χ0) is 15.6. The normalized spacial score (nSPS) is 10.5. The molecule has 1 aromatic rings. The molecule has 0 aliphatic heterocycles. The minimum absolute atomic E-state index is 0.0806. The number of nitrogen functional groups attached to an aromatic ring is 1. The average Bonchev–Trinajstić information content (AvgIpc) is 2.60. The molecular formula is C14H27N3O2. The van der Waals surface area contributed by atoms with Crippen LogP contribution in [-0.4, -0.2) is 23.7 Å². The Hall–Kier alpha value is -1.62. The highest BCUT2D eigenvalue weighted by molar-refractivity contribution is 5.80. The minimum atomic E-state index is -0.0903. The van der Waals surface area contributed by atoms with Crippen molar-refractivity contribution >= 4 is 17.8 Å². The number of Topliss-reactive ketones (excluding diaryl/α,β-unsaturated/α-hetero) is 1. The van der Waals surface area contributed by atoms with Crippen molar-refractivity contribution in [3.05, 3.63) is 17.5 Å². The molecule has 0 saturated heterocycles. The molecule has 0 aliphatic carbocycles. The molecule has 0 aliphatic rings. The first-order chi connectivity index (χ1) is 8.81. The van der Waals surface area contributed by atoms with E-state index in [-0.39, 0.29) is 11.7 Å². The van der Waals surface area contributed by atoms with E-state index < -0.39 is 0 Å². The number of aromatic nitrogens is 1. The van der Waals surface area contributed by atoms with Gasteiger partial charge >= 0.3 is 0 Å². The Bertz CT molecular complexity index is 375. The lowest BCUT2D eigenvalue weighted by atomic mass is 10.1. The summed E-state index contributed by atoms with van der Waals surface area (Å²) in [5.74, 6) is -0.00963. The van der Waals surface area contributed by atoms with E-state index >= 15 is 0 Å². The molecule has 0 saturated carbocycles. The van der Waals surface area contributed by atoms with Crippen LogP contribution in [0.2, 0.25) is 0 Å². The third kappa shape index (κ3) is 7.41. The highest BCUT2D eigenvalue weighted by Crippen LogP contribution is 2.13. The van der Waals surface area contributed by atoms with Gasteiger partial charge < -0.3 is 20.8 Å². The highest BCUT2D eigenvalue weighted by atomic mass is 16.1. The predicted molar refractivity (Wildman–Crippen MR) is 79.9 cm³/mol. The van der Waals surface area contributed by atoms with E-state index in [1.54, 1.807) is 6.92 Å². The second-order valence-electron chi connectivity index (χ2n) is 4.30. The molecule has 19 heavy (non-hydrogen) atoms. The van der Waals surface area contributed by atoms with Crippen molar-refractivity contribution in [3.63, 3.8) is 0 Å². The van der Waals surface area contributed by atoms with Gasteiger partial charge in [0.25, 0.3) is 0 Å². The van der Waals surface area contributed by atoms with Gasteiger partial charge in [-0.15, -0.1) is 0 Å². The number of carbonyl (C=O) groups excluding carboxylic acids is 2. The van der Waals surface area contributed by atoms with Crippen LogP contribution in [0.5, 0.6) is 0 Å². The van der Waals surface area contributed by atoms with Gasteiger partial charge in [0.15, 0.2) is 0 Å². The van der Waals surface area contributed by atoms with Gasteiger partial charge in [-0.25, -0.2) is 0 Å². The number of ketones is 1. The van der Waals surface area contributed by atoms with Gasteiger partial charge in [-0.2, -0.15) is 0 Å². The maximum absolute atomic E-state index is 10.4. The smallest absolute Gasteiger partial charge is 0.133 e. The van der Waals surface area contributed by atoms with Crippen molar-refractivity contribution in [3.8, 4) is 0 Å². The molecule has 110 valence electrons. The second-order valence-corrected chi connectivity index (χ2v) is 4.30. The van der Waals surface area contributed by atoms with E-state index in [1.807, 2.05) is 27.0 Å². The maximum atomic E-state index is 10.4. The summed E-state index contributed by atoms with van der Waals surface area (Å²) in [5.41, 5.74) is 13.4. The maximum Gasteiger partial charge on any atom is 0.133 e. The molecule has 0 radical (unpaired) electrons. The van der Waals surface area contributed by atoms with Crippen LogP contribution >= 0.6 is 0 Å². The highest BCUT2D eigenvalue weighted by Gasteiger charge is 2.04.